The normalized spacial score (nSPS) is 15.2. The van der Waals surface area contributed by atoms with Gasteiger partial charge in [-0.3, -0.25) is 9.69 Å². The molecule has 32 heavy (non-hydrogen) atoms. The van der Waals surface area contributed by atoms with Crippen molar-refractivity contribution < 1.29 is 22.7 Å². The molecule has 0 aliphatic carbocycles. The van der Waals surface area contributed by atoms with Gasteiger partial charge in [0.15, 0.2) is 11.5 Å². The summed E-state index contributed by atoms with van der Waals surface area (Å²) in [7, 11) is 2.59. The number of aryl methyl sites for hydroxylation is 1. The molecule has 1 atom stereocenters. The number of sulfonamides is 1. The zero-order valence-corrected chi connectivity index (χ0v) is 20.2. The molecule has 0 saturated heterocycles. The Hall–Kier alpha value is -2.62. The summed E-state index contributed by atoms with van der Waals surface area (Å²) in [6.07, 6.45) is 0.795. The Labute approximate surface area is 190 Å². The monoisotopic (exact) mass is 461 g/mol. The van der Waals surface area contributed by atoms with Gasteiger partial charge in [0.2, 0.25) is 15.9 Å². The van der Waals surface area contributed by atoms with Crippen LogP contribution in [0, 0.1) is 6.92 Å². The number of amides is 1. The SMILES string of the molecule is COc1cc2c(cc1OC)CN([C@H](C)C(=O)Nc1cc(S(=O)(=O)N(C)C)ccc1C)CC2. The highest BCUT2D eigenvalue weighted by Crippen LogP contribution is 2.33. The predicted octanol–water partition coefficient (Wildman–Crippen LogP) is 2.65. The molecule has 2 aromatic rings. The Morgan fingerprint density at radius 2 is 1.72 bits per heavy atom. The van der Waals surface area contributed by atoms with Crippen LogP contribution in [-0.2, 0) is 27.8 Å². The first-order valence-corrected chi connectivity index (χ1v) is 11.8. The average molecular weight is 462 g/mol. The van der Waals surface area contributed by atoms with E-state index in [4.69, 9.17) is 9.47 Å². The molecule has 0 unspecified atom stereocenters. The third-order valence-electron chi connectivity index (χ3n) is 5.92. The minimum atomic E-state index is -3.59. The molecular weight excluding hydrogens is 430 g/mol. The fourth-order valence-electron chi connectivity index (χ4n) is 3.75. The van der Waals surface area contributed by atoms with E-state index in [1.807, 2.05) is 26.0 Å². The standard InChI is InChI=1S/C23H31N3O5S/c1-15-7-8-19(32(28,29)25(3)4)13-20(15)24-23(27)16(2)26-10-9-17-11-21(30-5)22(31-6)12-18(17)14-26/h7-8,11-13,16H,9-10,14H2,1-6H3,(H,24,27)/t16-/m1/s1. The van der Waals surface area contributed by atoms with E-state index in [1.165, 1.54) is 25.7 Å². The molecule has 0 saturated carbocycles. The fraction of sp³-hybridized carbons (Fsp3) is 0.435. The van der Waals surface area contributed by atoms with Gasteiger partial charge in [0.1, 0.15) is 0 Å². The van der Waals surface area contributed by atoms with Gasteiger partial charge in [-0.05, 0) is 61.2 Å². The van der Waals surface area contributed by atoms with Crippen LogP contribution in [0.3, 0.4) is 0 Å². The molecule has 0 radical (unpaired) electrons. The van der Waals surface area contributed by atoms with Crippen LogP contribution < -0.4 is 14.8 Å². The van der Waals surface area contributed by atoms with Gasteiger partial charge < -0.3 is 14.8 Å². The average Bonchev–Trinajstić information content (AvgIpc) is 2.78. The Morgan fingerprint density at radius 3 is 2.31 bits per heavy atom. The summed E-state index contributed by atoms with van der Waals surface area (Å²) in [5.74, 6) is 1.18. The summed E-state index contributed by atoms with van der Waals surface area (Å²) in [6, 6.07) is 8.32. The van der Waals surface area contributed by atoms with Crippen LogP contribution in [0.25, 0.3) is 0 Å². The van der Waals surface area contributed by atoms with E-state index in [0.29, 0.717) is 23.7 Å². The number of nitrogens with one attached hydrogen (secondary N) is 1. The number of benzene rings is 2. The number of methoxy groups -OCH3 is 2. The van der Waals surface area contributed by atoms with Crippen LogP contribution >= 0.6 is 0 Å². The first-order chi connectivity index (χ1) is 15.1. The van der Waals surface area contributed by atoms with Crippen molar-refractivity contribution in [3.8, 4) is 11.5 Å². The number of anilines is 1. The van der Waals surface area contributed by atoms with E-state index < -0.39 is 16.1 Å². The molecule has 2 aromatic carbocycles. The number of rotatable bonds is 7. The van der Waals surface area contributed by atoms with Crippen molar-refractivity contribution in [1.29, 1.82) is 0 Å². The minimum Gasteiger partial charge on any atom is -0.493 e. The maximum absolute atomic E-state index is 13.0. The minimum absolute atomic E-state index is 0.143. The summed E-state index contributed by atoms with van der Waals surface area (Å²) in [4.78, 5) is 15.3. The van der Waals surface area contributed by atoms with Gasteiger partial charge in [-0.1, -0.05) is 6.07 Å². The molecule has 1 N–H and O–H groups in total. The van der Waals surface area contributed by atoms with Crippen molar-refractivity contribution in [2.75, 3.05) is 40.2 Å². The molecule has 8 nitrogen and oxygen atoms in total. The van der Waals surface area contributed by atoms with Crippen molar-refractivity contribution >= 4 is 21.6 Å². The lowest BCUT2D eigenvalue weighted by molar-refractivity contribution is -0.121. The molecule has 0 spiro atoms. The molecule has 0 bridgehead atoms. The maximum atomic E-state index is 13.0. The Kier molecular flexibility index (Phi) is 7.12. The molecule has 1 heterocycles. The van der Waals surface area contributed by atoms with Crippen molar-refractivity contribution in [3.63, 3.8) is 0 Å². The molecular formula is C23H31N3O5S. The van der Waals surface area contributed by atoms with Gasteiger partial charge in [-0.15, -0.1) is 0 Å². The lowest BCUT2D eigenvalue weighted by atomic mass is 9.97. The van der Waals surface area contributed by atoms with Crippen LogP contribution in [0.5, 0.6) is 11.5 Å². The summed E-state index contributed by atoms with van der Waals surface area (Å²) in [6.45, 7) is 5.03. The van der Waals surface area contributed by atoms with Gasteiger partial charge in [0.05, 0.1) is 25.2 Å². The van der Waals surface area contributed by atoms with Crippen LogP contribution in [-0.4, -0.2) is 64.4 Å². The summed E-state index contributed by atoms with van der Waals surface area (Å²) in [5, 5.41) is 2.92. The summed E-state index contributed by atoms with van der Waals surface area (Å²) in [5.41, 5.74) is 3.57. The second-order valence-electron chi connectivity index (χ2n) is 8.13. The zero-order valence-electron chi connectivity index (χ0n) is 19.4. The predicted molar refractivity (Wildman–Crippen MR) is 124 cm³/mol. The van der Waals surface area contributed by atoms with Gasteiger partial charge >= 0.3 is 0 Å². The lowest BCUT2D eigenvalue weighted by Crippen LogP contribution is -2.44. The first kappa shape index (κ1) is 24.0. The topological polar surface area (TPSA) is 88.2 Å². The molecule has 0 aromatic heterocycles. The molecule has 1 amide bonds. The van der Waals surface area contributed by atoms with Gasteiger partial charge in [0.25, 0.3) is 0 Å². The lowest BCUT2D eigenvalue weighted by Gasteiger charge is -2.33. The molecule has 9 heteroatoms. The van der Waals surface area contributed by atoms with E-state index in [0.717, 1.165) is 28.4 Å². The van der Waals surface area contributed by atoms with Crippen molar-refractivity contribution in [3.05, 3.63) is 47.0 Å². The second-order valence-corrected chi connectivity index (χ2v) is 10.3. The van der Waals surface area contributed by atoms with E-state index in [-0.39, 0.29) is 10.8 Å². The largest absolute Gasteiger partial charge is 0.493 e. The van der Waals surface area contributed by atoms with E-state index in [1.54, 1.807) is 26.4 Å². The smallest absolute Gasteiger partial charge is 0.242 e. The van der Waals surface area contributed by atoms with Crippen LogP contribution in [0.2, 0.25) is 0 Å². The van der Waals surface area contributed by atoms with Gasteiger partial charge in [-0.2, -0.15) is 0 Å². The number of carbonyl (C=O) groups is 1. The number of hydrogen-bond donors (Lipinski definition) is 1. The molecule has 0 fully saturated rings. The number of fused-ring (bicyclic) bond motifs is 1. The first-order valence-electron chi connectivity index (χ1n) is 10.4. The highest BCUT2D eigenvalue weighted by molar-refractivity contribution is 7.89. The van der Waals surface area contributed by atoms with Crippen molar-refractivity contribution in [1.82, 2.24) is 9.21 Å². The Morgan fingerprint density at radius 1 is 1.09 bits per heavy atom. The Balaban J connectivity index is 1.77. The fourth-order valence-corrected chi connectivity index (χ4v) is 4.67. The molecule has 174 valence electrons. The van der Waals surface area contributed by atoms with E-state index >= 15 is 0 Å². The summed E-state index contributed by atoms with van der Waals surface area (Å²) < 4.78 is 36.9. The number of hydrogen-bond acceptors (Lipinski definition) is 6. The van der Waals surface area contributed by atoms with E-state index in [9.17, 15) is 13.2 Å². The molecule has 1 aliphatic heterocycles. The van der Waals surface area contributed by atoms with Crippen LogP contribution in [0.4, 0.5) is 5.69 Å². The number of ether oxygens (including phenoxy) is 2. The highest BCUT2D eigenvalue weighted by Gasteiger charge is 2.27. The van der Waals surface area contributed by atoms with Crippen LogP contribution in [0.15, 0.2) is 35.2 Å². The van der Waals surface area contributed by atoms with Crippen molar-refractivity contribution in [2.45, 2.75) is 37.8 Å². The maximum Gasteiger partial charge on any atom is 0.242 e. The quantitative estimate of drug-likeness (QED) is 0.682. The number of carbonyl (C=O) groups excluding carboxylic acids is 1. The third-order valence-corrected chi connectivity index (χ3v) is 7.73. The highest BCUT2D eigenvalue weighted by atomic mass is 32.2. The van der Waals surface area contributed by atoms with Gasteiger partial charge in [0, 0.05) is 32.9 Å². The second kappa shape index (κ2) is 9.48. The molecule has 3 rings (SSSR count). The van der Waals surface area contributed by atoms with Crippen LogP contribution in [0.1, 0.15) is 23.6 Å². The van der Waals surface area contributed by atoms with Crippen molar-refractivity contribution in [2.24, 2.45) is 0 Å². The summed E-state index contributed by atoms with van der Waals surface area (Å²) >= 11 is 0. The zero-order chi connectivity index (χ0) is 23.6. The van der Waals surface area contributed by atoms with E-state index in [2.05, 4.69) is 10.2 Å². The Bertz CT molecular complexity index is 1110. The third kappa shape index (κ3) is 4.74. The number of nitrogens with zero attached hydrogens (tertiary/aromatic N) is 2. The molecule has 1 aliphatic rings. The van der Waals surface area contributed by atoms with Gasteiger partial charge in [-0.25, -0.2) is 12.7 Å².